The molecule has 0 aliphatic carbocycles. The minimum absolute atomic E-state index is 0.253. The molecule has 1 saturated heterocycles. The van der Waals surface area contributed by atoms with Crippen LogP contribution < -0.4 is 0 Å². The summed E-state index contributed by atoms with van der Waals surface area (Å²) in [5.74, 6) is 1.49. The van der Waals surface area contributed by atoms with Crippen molar-refractivity contribution in [3.05, 3.63) is 34.6 Å². The summed E-state index contributed by atoms with van der Waals surface area (Å²) in [6, 6.07) is 5.73. The third kappa shape index (κ3) is 2.13. The van der Waals surface area contributed by atoms with Crippen molar-refractivity contribution < 1.29 is 9.26 Å². The average molecular weight is 265 g/mol. The molecule has 2 heterocycles. The van der Waals surface area contributed by atoms with Gasteiger partial charge in [0.25, 0.3) is 5.89 Å². The third-order valence-electron chi connectivity index (χ3n) is 3.16. The van der Waals surface area contributed by atoms with Crippen molar-refractivity contribution in [2.75, 3.05) is 13.2 Å². The van der Waals surface area contributed by atoms with Crippen LogP contribution in [-0.4, -0.2) is 23.4 Å². The van der Waals surface area contributed by atoms with Crippen LogP contribution >= 0.6 is 11.6 Å². The van der Waals surface area contributed by atoms with E-state index in [1.807, 2.05) is 25.1 Å². The summed E-state index contributed by atoms with van der Waals surface area (Å²) >= 11 is 6.09. The molecule has 0 bridgehead atoms. The zero-order chi connectivity index (χ0) is 12.5. The number of hydrogen-bond donors (Lipinski definition) is 0. The molecule has 0 N–H and O–H groups in total. The first kappa shape index (κ1) is 11.7. The van der Waals surface area contributed by atoms with Crippen LogP contribution in [0.3, 0.4) is 0 Å². The third-order valence-corrected chi connectivity index (χ3v) is 3.56. The molecule has 4 nitrogen and oxygen atoms in total. The minimum Gasteiger partial charge on any atom is -0.381 e. The van der Waals surface area contributed by atoms with Crippen molar-refractivity contribution in [1.29, 1.82) is 0 Å². The van der Waals surface area contributed by atoms with Gasteiger partial charge < -0.3 is 9.26 Å². The maximum absolute atomic E-state index is 6.09. The largest absolute Gasteiger partial charge is 0.381 e. The average Bonchev–Trinajstić information content (AvgIpc) is 3.01. The van der Waals surface area contributed by atoms with Crippen LogP contribution in [-0.2, 0) is 4.74 Å². The van der Waals surface area contributed by atoms with E-state index in [9.17, 15) is 0 Å². The molecule has 3 rings (SSSR count). The van der Waals surface area contributed by atoms with E-state index in [1.54, 1.807) is 0 Å². The van der Waals surface area contributed by atoms with Gasteiger partial charge in [-0.15, -0.1) is 0 Å². The van der Waals surface area contributed by atoms with Crippen molar-refractivity contribution in [3.63, 3.8) is 0 Å². The number of hydrogen-bond acceptors (Lipinski definition) is 4. The van der Waals surface area contributed by atoms with Gasteiger partial charge in [0.15, 0.2) is 5.82 Å². The zero-order valence-electron chi connectivity index (χ0n) is 10.0. The highest BCUT2D eigenvalue weighted by atomic mass is 35.5. The number of aryl methyl sites for hydroxylation is 1. The monoisotopic (exact) mass is 264 g/mol. The topological polar surface area (TPSA) is 48.2 Å². The second-order valence-corrected chi connectivity index (χ2v) is 4.89. The molecule has 0 saturated carbocycles. The Morgan fingerprint density at radius 2 is 2.28 bits per heavy atom. The summed E-state index contributed by atoms with van der Waals surface area (Å²) < 4.78 is 10.6. The van der Waals surface area contributed by atoms with E-state index in [4.69, 9.17) is 20.9 Å². The Morgan fingerprint density at radius 3 is 3.00 bits per heavy atom. The maximum Gasteiger partial charge on any atom is 0.257 e. The van der Waals surface area contributed by atoms with Crippen LogP contribution in [0.25, 0.3) is 11.5 Å². The van der Waals surface area contributed by atoms with E-state index < -0.39 is 0 Å². The van der Waals surface area contributed by atoms with Crippen molar-refractivity contribution in [1.82, 2.24) is 10.1 Å². The zero-order valence-corrected chi connectivity index (χ0v) is 10.8. The van der Waals surface area contributed by atoms with Crippen molar-refractivity contribution in [3.8, 4) is 11.5 Å². The molecule has 1 aliphatic rings. The molecular weight excluding hydrogens is 252 g/mol. The minimum atomic E-state index is 0.253. The van der Waals surface area contributed by atoms with Crippen molar-refractivity contribution in [2.45, 2.75) is 19.3 Å². The van der Waals surface area contributed by atoms with E-state index >= 15 is 0 Å². The van der Waals surface area contributed by atoms with Crippen LogP contribution in [0.5, 0.6) is 0 Å². The van der Waals surface area contributed by atoms with Crippen molar-refractivity contribution in [2.24, 2.45) is 0 Å². The predicted octanol–water partition coefficient (Wildman–Crippen LogP) is 3.20. The molecule has 1 fully saturated rings. The molecule has 94 valence electrons. The van der Waals surface area contributed by atoms with E-state index in [1.165, 1.54) is 0 Å². The van der Waals surface area contributed by atoms with E-state index in [-0.39, 0.29) is 5.92 Å². The van der Waals surface area contributed by atoms with Gasteiger partial charge >= 0.3 is 0 Å². The van der Waals surface area contributed by atoms with Crippen LogP contribution in [0.15, 0.2) is 22.7 Å². The summed E-state index contributed by atoms with van der Waals surface area (Å²) in [5, 5.41) is 4.72. The molecular formula is C13H13ClN2O2. The van der Waals surface area contributed by atoms with Gasteiger partial charge in [0.05, 0.1) is 6.61 Å². The second kappa shape index (κ2) is 4.71. The van der Waals surface area contributed by atoms with Crippen LogP contribution in [0.1, 0.15) is 23.7 Å². The Morgan fingerprint density at radius 1 is 1.39 bits per heavy atom. The molecule has 2 aromatic rings. The molecule has 0 amide bonds. The fourth-order valence-corrected chi connectivity index (χ4v) is 2.16. The first-order chi connectivity index (χ1) is 8.74. The second-order valence-electron chi connectivity index (χ2n) is 4.48. The summed E-state index contributed by atoms with van der Waals surface area (Å²) in [6.07, 6.45) is 0.952. The fourth-order valence-electron chi connectivity index (χ4n) is 1.98. The SMILES string of the molecule is Cc1ccc(-c2nc(C3CCOC3)no2)cc1Cl. The molecule has 0 spiro atoms. The molecule has 1 atom stereocenters. The van der Waals surface area contributed by atoms with Crippen molar-refractivity contribution >= 4 is 11.6 Å². The first-order valence-electron chi connectivity index (χ1n) is 5.92. The lowest BCUT2D eigenvalue weighted by molar-refractivity contribution is 0.192. The Kier molecular flexibility index (Phi) is 3.06. The van der Waals surface area contributed by atoms with Gasteiger partial charge in [-0.05, 0) is 31.0 Å². The van der Waals surface area contributed by atoms with Crippen LogP contribution in [0.4, 0.5) is 0 Å². The highest BCUT2D eigenvalue weighted by Gasteiger charge is 2.23. The Labute approximate surface area is 110 Å². The molecule has 1 aromatic carbocycles. The highest BCUT2D eigenvalue weighted by molar-refractivity contribution is 6.31. The lowest BCUT2D eigenvalue weighted by Crippen LogP contribution is -1.99. The normalized spacial score (nSPS) is 19.3. The van der Waals surface area contributed by atoms with Crippen LogP contribution in [0.2, 0.25) is 5.02 Å². The van der Waals surface area contributed by atoms with Gasteiger partial charge in [0.1, 0.15) is 0 Å². The number of rotatable bonds is 2. The van der Waals surface area contributed by atoms with Crippen LogP contribution in [0, 0.1) is 6.92 Å². The fraction of sp³-hybridized carbons (Fsp3) is 0.385. The lowest BCUT2D eigenvalue weighted by atomic mass is 10.1. The summed E-state index contributed by atoms with van der Waals surface area (Å²) in [5.41, 5.74) is 1.88. The Balaban J connectivity index is 1.89. The summed E-state index contributed by atoms with van der Waals surface area (Å²) in [6.45, 7) is 3.40. The number of ether oxygens (including phenoxy) is 1. The predicted molar refractivity (Wildman–Crippen MR) is 67.7 cm³/mol. The number of halogens is 1. The Bertz CT molecular complexity index is 562. The van der Waals surface area contributed by atoms with Gasteiger partial charge in [-0.3, -0.25) is 0 Å². The molecule has 1 unspecified atom stereocenters. The number of benzene rings is 1. The molecule has 18 heavy (non-hydrogen) atoms. The molecule has 1 aromatic heterocycles. The Hall–Kier alpha value is -1.39. The van der Waals surface area contributed by atoms with Gasteiger partial charge in [-0.1, -0.05) is 22.8 Å². The van der Waals surface area contributed by atoms with Gasteiger partial charge in [0, 0.05) is 23.1 Å². The molecule has 5 heteroatoms. The first-order valence-corrected chi connectivity index (χ1v) is 6.30. The lowest BCUT2D eigenvalue weighted by Gasteiger charge is -1.99. The summed E-state index contributed by atoms with van der Waals surface area (Å²) in [7, 11) is 0. The van der Waals surface area contributed by atoms with Gasteiger partial charge in [-0.25, -0.2) is 0 Å². The number of aromatic nitrogens is 2. The van der Waals surface area contributed by atoms with E-state index in [2.05, 4.69) is 10.1 Å². The smallest absolute Gasteiger partial charge is 0.257 e. The molecule has 1 aliphatic heterocycles. The quantitative estimate of drug-likeness (QED) is 0.836. The number of nitrogens with zero attached hydrogens (tertiary/aromatic N) is 2. The van der Waals surface area contributed by atoms with Gasteiger partial charge in [0.2, 0.25) is 0 Å². The highest BCUT2D eigenvalue weighted by Crippen LogP contribution is 2.27. The summed E-state index contributed by atoms with van der Waals surface area (Å²) in [4.78, 5) is 4.42. The standard InChI is InChI=1S/C13H13ClN2O2/c1-8-2-3-9(6-11(8)14)13-15-12(16-18-13)10-4-5-17-7-10/h2-3,6,10H,4-5,7H2,1H3. The maximum atomic E-state index is 6.09. The van der Waals surface area contributed by atoms with E-state index in [0.717, 1.165) is 30.0 Å². The van der Waals surface area contributed by atoms with E-state index in [0.29, 0.717) is 17.5 Å². The van der Waals surface area contributed by atoms with Gasteiger partial charge in [-0.2, -0.15) is 4.98 Å². The molecule has 0 radical (unpaired) electrons.